The van der Waals surface area contributed by atoms with Gasteiger partial charge in [0.1, 0.15) is 12.4 Å². The molecule has 2 amide bonds. The van der Waals surface area contributed by atoms with E-state index >= 15 is 0 Å². The maximum absolute atomic E-state index is 12.9. The lowest BCUT2D eigenvalue weighted by atomic mass is 9.99. The molecule has 0 aliphatic carbocycles. The van der Waals surface area contributed by atoms with E-state index in [9.17, 15) is 14.9 Å². The van der Waals surface area contributed by atoms with Crippen LogP contribution >= 0.6 is 0 Å². The lowest BCUT2D eigenvalue weighted by Gasteiger charge is -2.42. The van der Waals surface area contributed by atoms with Gasteiger partial charge in [-0.1, -0.05) is 30.3 Å². The number of nitriles is 1. The smallest absolute Gasteiger partial charge is 0.247 e. The summed E-state index contributed by atoms with van der Waals surface area (Å²) in [5.74, 6) is 0.497. The van der Waals surface area contributed by atoms with E-state index < -0.39 is 5.91 Å². The van der Waals surface area contributed by atoms with Gasteiger partial charge in [0.2, 0.25) is 11.8 Å². The van der Waals surface area contributed by atoms with Crippen molar-refractivity contribution in [3.05, 3.63) is 71.2 Å². The summed E-state index contributed by atoms with van der Waals surface area (Å²) in [5.41, 5.74) is 9.75. The Balaban J connectivity index is 1.30. The van der Waals surface area contributed by atoms with Crippen LogP contribution < -0.4 is 15.5 Å². The minimum atomic E-state index is -0.682. The van der Waals surface area contributed by atoms with E-state index in [0.29, 0.717) is 51.3 Å². The fourth-order valence-electron chi connectivity index (χ4n) is 7.10. The fraction of sp³-hybridized carbons (Fsp3) is 0.457. The highest BCUT2D eigenvalue weighted by Gasteiger charge is 2.33. The van der Waals surface area contributed by atoms with Crippen LogP contribution in [-0.4, -0.2) is 90.0 Å². The monoisotopic (exact) mass is 622 g/mol. The molecule has 2 aromatic carbocycles. The van der Waals surface area contributed by atoms with Crippen LogP contribution in [0.25, 0.3) is 10.8 Å². The summed E-state index contributed by atoms with van der Waals surface area (Å²) in [6.45, 7) is 7.06. The number of rotatable bonds is 9. The van der Waals surface area contributed by atoms with Crippen LogP contribution in [0.15, 0.2) is 48.6 Å². The number of nitrogens with zero attached hydrogens (tertiary/aromatic N) is 7. The molecule has 2 saturated heterocycles. The molecule has 46 heavy (non-hydrogen) atoms. The largest absolute Gasteiger partial charge is 0.372 e. The van der Waals surface area contributed by atoms with E-state index in [1.54, 1.807) is 4.90 Å². The average Bonchev–Trinajstić information content (AvgIpc) is 3.47. The van der Waals surface area contributed by atoms with Gasteiger partial charge in [-0.3, -0.25) is 9.59 Å². The highest BCUT2D eigenvalue weighted by molar-refractivity contribution is 5.97. The van der Waals surface area contributed by atoms with Crippen molar-refractivity contribution in [3.8, 4) is 6.07 Å². The molecule has 2 fully saturated rings. The van der Waals surface area contributed by atoms with Gasteiger partial charge in [0.15, 0.2) is 5.82 Å². The maximum atomic E-state index is 12.9. The molecular weight excluding hydrogens is 580 g/mol. The summed E-state index contributed by atoms with van der Waals surface area (Å²) >= 11 is 0. The van der Waals surface area contributed by atoms with E-state index in [1.165, 1.54) is 34.5 Å². The topological polar surface area (TPSA) is 132 Å². The van der Waals surface area contributed by atoms with E-state index in [4.69, 9.17) is 20.4 Å². The van der Waals surface area contributed by atoms with Crippen molar-refractivity contribution in [2.45, 2.75) is 57.8 Å². The summed E-state index contributed by atoms with van der Waals surface area (Å²) in [5, 5.41) is 12.1. The summed E-state index contributed by atoms with van der Waals surface area (Å²) in [4.78, 5) is 42.9. The molecule has 0 spiro atoms. The third kappa shape index (κ3) is 6.69. The van der Waals surface area contributed by atoms with Gasteiger partial charge in [0.05, 0.1) is 37.4 Å². The zero-order chi connectivity index (χ0) is 32.2. The lowest BCUT2D eigenvalue weighted by Crippen LogP contribution is -2.55. The zero-order valence-electron chi connectivity index (χ0n) is 26.7. The van der Waals surface area contributed by atoms with Gasteiger partial charge in [0.25, 0.3) is 0 Å². The van der Waals surface area contributed by atoms with Crippen LogP contribution in [0.5, 0.6) is 0 Å². The lowest BCUT2D eigenvalue weighted by molar-refractivity contribution is -0.128. The number of carbonyl (C=O) groups is 2. The third-order valence-corrected chi connectivity index (χ3v) is 9.52. The van der Waals surface area contributed by atoms with Crippen LogP contribution in [0.4, 0.5) is 11.5 Å². The Kier molecular flexibility index (Phi) is 9.47. The Morgan fingerprint density at radius 3 is 2.65 bits per heavy atom. The molecule has 11 heteroatoms. The first kappa shape index (κ1) is 31.5. The van der Waals surface area contributed by atoms with Crippen LogP contribution in [0.2, 0.25) is 0 Å². The van der Waals surface area contributed by atoms with Crippen molar-refractivity contribution in [2.24, 2.45) is 5.73 Å². The number of nitrogens with two attached hydrogens (primary N) is 1. The molecule has 2 atom stereocenters. The number of carbonyl (C=O) groups excluding carboxylic acids is 2. The second-order valence-corrected chi connectivity index (χ2v) is 12.5. The highest BCUT2D eigenvalue weighted by Crippen LogP contribution is 2.35. The molecule has 240 valence electrons. The summed E-state index contributed by atoms with van der Waals surface area (Å²) in [7, 11) is 2.14. The normalized spacial score (nSPS) is 20.3. The number of amides is 2. The highest BCUT2D eigenvalue weighted by atomic mass is 16.5. The van der Waals surface area contributed by atoms with E-state index in [2.05, 4.69) is 71.1 Å². The summed E-state index contributed by atoms with van der Waals surface area (Å²) in [6, 6.07) is 15.2. The first-order chi connectivity index (χ1) is 22.3. The van der Waals surface area contributed by atoms with E-state index in [1.807, 2.05) is 0 Å². The van der Waals surface area contributed by atoms with Gasteiger partial charge in [-0.05, 0) is 56.8 Å². The van der Waals surface area contributed by atoms with E-state index in [-0.39, 0.29) is 18.4 Å². The van der Waals surface area contributed by atoms with Crippen molar-refractivity contribution in [2.75, 3.05) is 56.2 Å². The van der Waals surface area contributed by atoms with Crippen molar-refractivity contribution >= 4 is 34.1 Å². The number of hydrogen-bond acceptors (Lipinski definition) is 9. The molecule has 3 aromatic rings. The number of anilines is 2. The number of ether oxygens (including phenoxy) is 1. The number of likely N-dealkylation sites (tertiary alicyclic amines) is 1. The SMILES string of the molecule is Cc1cccc2cccc(N3CCc4c(nc(COC[C@@H]5CCCN5C)nc4N4CCN(C(=O)/C=C/C(N)=O)[C@@H](CC#N)C4)C3)c12. The van der Waals surface area contributed by atoms with Crippen LogP contribution in [0, 0.1) is 18.3 Å². The van der Waals surface area contributed by atoms with Crippen molar-refractivity contribution in [1.29, 1.82) is 5.26 Å². The molecule has 6 rings (SSSR count). The van der Waals surface area contributed by atoms with Gasteiger partial charge in [-0.2, -0.15) is 5.26 Å². The Bertz CT molecular complexity index is 1680. The fourth-order valence-corrected chi connectivity index (χ4v) is 7.10. The van der Waals surface area contributed by atoms with Crippen LogP contribution in [0.3, 0.4) is 0 Å². The third-order valence-electron chi connectivity index (χ3n) is 9.52. The number of benzene rings is 2. The molecule has 2 N–H and O–H groups in total. The number of aromatic nitrogens is 2. The standard InChI is InChI=1S/C35H42N8O3/c1-24-6-3-7-25-8-4-10-30(34(24)25)41-17-14-28-29(21-41)38-32(23-46-22-27-9-5-16-40(27)2)39-35(28)42-18-19-43(26(20-42)13-15-36)33(45)12-11-31(37)44/h3-4,6-8,10-12,26-27H,5,9,13-14,16-23H2,1-2H3,(H2,37,44)/b12-11+/t26-,27-/m0/s1. The number of aryl methyl sites for hydroxylation is 1. The minimum Gasteiger partial charge on any atom is -0.372 e. The molecule has 0 unspecified atom stereocenters. The number of fused-ring (bicyclic) bond motifs is 2. The average molecular weight is 623 g/mol. The molecule has 11 nitrogen and oxygen atoms in total. The van der Waals surface area contributed by atoms with Gasteiger partial charge in [0, 0.05) is 61.0 Å². The van der Waals surface area contributed by atoms with Gasteiger partial charge in [-0.25, -0.2) is 9.97 Å². The first-order valence-corrected chi connectivity index (χ1v) is 16.1. The van der Waals surface area contributed by atoms with E-state index in [0.717, 1.165) is 49.1 Å². The maximum Gasteiger partial charge on any atom is 0.247 e. The number of hydrogen-bond donors (Lipinski definition) is 1. The second-order valence-electron chi connectivity index (χ2n) is 12.5. The predicted octanol–water partition coefficient (Wildman–Crippen LogP) is 3.08. The first-order valence-electron chi connectivity index (χ1n) is 16.1. The Morgan fingerprint density at radius 2 is 1.89 bits per heavy atom. The van der Waals surface area contributed by atoms with Gasteiger partial charge in [-0.15, -0.1) is 0 Å². The van der Waals surface area contributed by atoms with Crippen LogP contribution in [-0.2, 0) is 33.9 Å². The molecule has 1 aromatic heterocycles. The van der Waals surface area contributed by atoms with Gasteiger partial charge < -0.3 is 30.1 Å². The van der Waals surface area contributed by atoms with Crippen molar-refractivity contribution < 1.29 is 14.3 Å². The van der Waals surface area contributed by atoms with Gasteiger partial charge >= 0.3 is 0 Å². The predicted molar refractivity (Wildman–Crippen MR) is 177 cm³/mol. The molecular formula is C35H42N8O3. The molecule has 0 saturated carbocycles. The number of piperazine rings is 1. The molecule has 3 aliphatic rings. The van der Waals surface area contributed by atoms with Crippen molar-refractivity contribution in [3.63, 3.8) is 0 Å². The van der Waals surface area contributed by atoms with Crippen molar-refractivity contribution in [1.82, 2.24) is 19.8 Å². The summed E-state index contributed by atoms with van der Waals surface area (Å²) < 4.78 is 6.21. The Labute approximate surface area is 270 Å². The second kappa shape index (κ2) is 13.8. The number of primary amides is 1. The Hall–Kier alpha value is -4.53. The molecule has 3 aliphatic heterocycles. The molecule has 0 radical (unpaired) electrons. The molecule has 0 bridgehead atoms. The number of likely N-dealkylation sites (N-methyl/N-ethyl adjacent to an activating group) is 1. The molecule has 4 heterocycles. The minimum absolute atomic E-state index is 0.166. The quantitative estimate of drug-likeness (QED) is 0.358. The summed E-state index contributed by atoms with van der Waals surface area (Å²) in [6.07, 6.45) is 5.51. The Morgan fingerprint density at radius 1 is 1.07 bits per heavy atom. The van der Waals surface area contributed by atoms with Crippen LogP contribution in [0.1, 0.15) is 41.9 Å². The zero-order valence-corrected chi connectivity index (χ0v) is 26.7.